The van der Waals surface area contributed by atoms with Crippen molar-refractivity contribution in [3.63, 3.8) is 0 Å². The molecule has 0 bridgehead atoms. The van der Waals surface area contributed by atoms with Gasteiger partial charge >= 0.3 is 6.09 Å². The van der Waals surface area contributed by atoms with E-state index in [1.807, 2.05) is 0 Å². The quantitative estimate of drug-likeness (QED) is 0.478. The molecule has 1 saturated heterocycles. The fourth-order valence-electron chi connectivity index (χ4n) is 1.57. The number of hydrogen-bond donors (Lipinski definition) is 4. The molecule has 0 aromatic heterocycles. The molecule has 0 aromatic rings. The lowest BCUT2D eigenvalue weighted by Gasteiger charge is -2.22. The van der Waals surface area contributed by atoms with Crippen LogP contribution in [0.25, 0.3) is 0 Å². The SMILES string of the molecule is C[C@H](NC(=O)O)C(O)[C@@H]1CCNC1=O. The highest BCUT2D eigenvalue weighted by Crippen LogP contribution is 2.16. The Morgan fingerprint density at radius 1 is 1.71 bits per heavy atom. The van der Waals surface area contributed by atoms with Crippen molar-refractivity contribution >= 4 is 12.0 Å². The number of aliphatic hydroxyl groups excluding tert-OH is 1. The van der Waals surface area contributed by atoms with Gasteiger partial charge in [0.15, 0.2) is 0 Å². The third kappa shape index (κ3) is 2.35. The number of carboxylic acid groups (broad SMARTS) is 1. The molecule has 2 amide bonds. The van der Waals surface area contributed by atoms with Crippen molar-refractivity contribution < 1.29 is 19.8 Å². The number of amides is 2. The molecule has 0 aliphatic carbocycles. The Morgan fingerprint density at radius 2 is 2.36 bits per heavy atom. The predicted molar refractivity (Wildman–Crippen MR) is 47.7 cm³/mol. The topological polar surface area (TPSA) is 98.7 Å². The van der Waals surface area contributed by atoms with Crippen LogP contribution in [0.1, 0.15) is 13.3 Å². The molecule has 1 fully saturated rings. The number of carbonyl (C=O) groups excluding carboxylic acids is 1. The third-order valence-corrected chi connectivity index (χ3v) is 2.37. The van der Waals surface area contributed by atoms with Gasteiger partial charge in [-0.05, 0) is 13.3 Å². The lowest BCUT2D eigenvalue weighted by Crippen LogP contribution is -2.45. The Kier molecular flexibility index (Phi) is 3.29. The number of carbonyl (C=O) groups is 2. The normalized spacial score (nSPS) is 25.3. The average Bonchev–Trinajstić information content (AvgIpc) is 2.48. The lowest BCUT2D eigenvalue weighted by atomic mass is 9.96. The summed E-state index contributed by atoms with van der Waals surface area (Å²) in [5.41, 5.74) is 0. The molecule has 6 heteroatoms. The summed E-state index contributed by atoms with van der Waals surface area (Å²) in [6.45, 7) is 2.07. The smallest absolute Gasteiger partial charge is 0.404 e. The second-order valence-corrected chi connectivity index (χ2v) is 3.41. The monoisotopic (exact) mass is 202 g/mol. The van der Waals surface area contributed by atoms with Crippen LogP contribution in [0.15, 0.2) is 0 Å². The Hall–Kier alpha value is -1.30. The second kappa shape index (κ2) is 4.28. The minimum Gasteiger partial charge on any atom is -0.465 e. The summed E-state index contributed by atoms with van der Waals surface area (Å²) in [7, 11) is 0. The fourth-order valence-corrected chi connectivity index (χ4v) is 1.57. The van der Waals surface area contributed by atoms with Gasteiger partial charge in [0, 0.05) is 6.54 Å². The van der Waals surface area contributed by atoms with Crippen LogP contribution in [-0.2, 0) is 4.79 Å². The zero-order chi connectivity index (χ0) is 10.7. The fraction of sp³-hybridized carbons (Fsp3) is 0.750. The van der Waals surface area contributed by atoms with Crippen LogP contribution in [0.3, 0.4) is 0 Å². The number of nitrogens with one attached hydrogen (secondary N) is 2. The first-order valence-electron chi connectivity index (χ1n) is 4.47. The van der Waals surface area contributed by atoms with Crippen LogP contribution < -0.4 is 10.6 Å². The molecule has 0 spiro atoms. The van der Waals surface area contributed by atoms with Gasteiger partial charge in [0.05, 0.1) is 18.1 Å². The molecule has 14 heavy (non-hydrogen) atoms. The first kappa shape index (κ1) is 10.8. The lowest BCUT2D eigenvalue weighted by molar-refractivity contribution is -0.126. The Bertz CT molecular complexity index is 243. The first-order valence-corrected chi connectivity index (χ1v) is 4.47. The summed E-state index contributed by atoms with van der Waals surface area (Å²) in [6.07, 6.45) is -1.62. The van der Waals surface area contributed by atoms with Crippen molar-refractivity contribution in [1.29, 1.82) is 0 Å². The highest BCUT2D eigenvalue weighted by molar-refractivity contribution is 5.81. The number of aliphatic hydroxyl groups is 1. The van der Waals surface area contributed by atoms with Gasteiger partial charge < -0.3 is 20.8 Å². The highest BCUT2D eigenvalue weighted by atomic mass is 16.4. The Labute approximate surface area is 81.3 Å². The van der Waals surface area contributed by atoms with E-state index in [9.17, 15) is 14.7 Å². The summed E-state index contributed by atoms with van der Waals surface area (Å²) in [5.74, 6) is -0.714. The number of hydrogen-bond acceptors (Lipinski definition) is 3. The molecule has 4 N–H and O–H groups in total. The largest absolute Gasteiger partial charge is 0.465 e. The molecule has 0 aromatic carbocycles. The maximum Gasteiger partial charge on any atom is 0.404 e. The molecule has 1 rings (SSSR count). The van der Waals surface area contributed by atoms with Crippen molar-refractivity contribution in [3.8, 4) is 0 Å². The van der Waals surface area contributed by atoms with Crippen molar-refractivity contribution in [2.45, 2.75) is 25.5 Å². The molecular formula is C8H14N2O4. The van der Waals surface area contributed by atoms with Gasteiger partial charge in [-0.15, -0.1) is 0 Å². The Balaban J connectivity index is 2.50. The van der Waals surface area contributed by atoms with Crippen LogP contribution in [0.2, 0.25) is 0 Å². The van der Waals surface area contributed by atoms with E-state index < -0.39 is 24.2 Å². The van der Waals surface area contributed by atoms with Crippen LogP contribution >= 0.6 is 0 Å². The molecule has 1 unspecified atom stereocenters. The van der Waals surface area contributed by atoms with E-state index in [1.54, 1.807) is 0 Å². The average molecular weight is 202 g/mol. The minimum atomic E-state index is -1.20. The molecule has 1 aliphatic heterocycles. The van der Waals surface area contributed by atoms with Gasteiger partial charge in [0.1, 0.15) is 0 Å². The number of rotatable bonds is 3. The molecule has 0 saturated carbocycles. The molecule has 3 atom stereocenters. The highest BCUT2D eigenvalue weighted by Gasteiger charge is 2.34. The first-order chi connectivity index (χ1) is 6.52. The molecule has 6 nitrogen and oxygen atoms in total. The second-order valence-electron chi connectivity index (χ2n) is 3.41. The van der Waals surface area contributed by atoms with Crippen LogP contribution in [-0.4, -0.2) is 40.9 Å². The standard InChI is InChI=1S/C8H14N2O4/c1-4(10-8(13)14)6(11)5-2-3-9-7(5)12/h4-6,10-11H,2-3H2,1H3,(H,9,12)(H,13,14)/t4-,5-,6?/m0/s1. The van der Waals surface area contributed by atoms with Gasteiger partial charge in [-0.3, -0.25) is 4.79 Å². The van der Waals surface area contributed by atoms with Crippen molar-refractivity contribution in [2.75, 3.05) is 6.54 Å². The van der Waals surface area contributed by atoms with E-state index in [2.05, 4.69) is 10.6 Å². The maximum absolute atomic E-state index is 11.2. The molecular weight excluding hydrogens is 188 g/mol. The molecule has 1 heterocycles. The molecule has 0 radical (unpaired) electrons. The summed E-state index contributed by atoms with van der Waals surface area (Å²) in [4.78, 5) is 21.4. The van der Waals surface area contributed by atoms with Crippen LogP contribution in [0, 0.1) is 5.92 Å². The van der Waals surface area contributed by atoms with E-state index >= 15 is 0 Å². The zero-order valence-corrected chi connectivity index (χ0v) is 7.86. The van der Waals surface area contributed by atoms with Gasteiger partial charge in [0.25, 0.3) is 0 Å². The van der Waals surface area contributed by atoms with Gasteiger partial charge in [-0.25, -0.2) is 4.79 Å². The van der Waals surface area contributed by atoms with Gasteiger partial charge in [-0.2, -0.15) is 0 Å². The van der Waals surface area contributed by atoms with Crippen molar-refractivity contribution in [2.24, 2.45) is 5.92 Å². The Morgan fingerprint density at radius 3 is 2.79 bits per heavy atom. The molecule has 1 aliphatic rings. The zero-order valence-electron chi connectivity index (χ0n) is 7.86. The van der Waals surface area contributed by atoms with Crippen LogP contribution in [0.4, 0.5) is 4.79 Å². The summed E-state index contributed by atoms with van der Waals surface area (Å²) >= 11 is 0. The summed E-state index contributed by atoms with van der Waals surface area (Å²) < 4.78 is 0. The van der Waals surface area contributed by atoms with Gasteiger partial charge in [-0.1, -0.05) is 0 Å². The molecule has 80 valence electrons. The van der Waals surface area contributed by atoms with Crippen molar-refractivity contribution in [1.82, 2.24) is 10.6 Å². The van der Waals surface area contributed by atoms with Crippen LogP contribution in [0.5, 0.6) is 0 Å². The minimum absolute atomic E-state index is 0.212. The van der Waals surface area contributed by atoms with E-state index in [0.717, 1.165) is 0 Å². The third-order valence-electron chi connectivity index (χ3n) is 2.37. The van der Waals surface area contributed by atoms with E-state index in [1.165, 1.54) is 6.92 Å². The predicted octanol–water partition coefficient (Wildman–Crippen LogP) is -0.861. The van der Waals surface area contributed by atoms with E-state index in [4.69, 9.17) is 5.11 Å². The maximum atomic E-state index is 11.2. The van der Waals surface area contributed by atoms with E-state index in [0.29, 0.717) is 13.0 Å². The van der Waals surface area contributed by atoms with Gasteiger partial charge in [0.2, 0.25) is 5.91 Å². The van der Waals surface area contributed by atoms with Crippen molar-refractivity contribution in [3.05, 3.63) is 0 Å². The summed E-state index contributed by atoms with van der Waals surface area (Å²) in [5, 5.41) is 22.8. The van der Waals surface area contributed by atoms with E-state index in [-0.39, 0.29) is 5.91 Å². The summed E-state index contributed by atoms with van der Waals surface area (Å²) in [6, 6.07) is -0.638.